The summed E-state index contributed by atoms with van der Waals surface area (Å²) in [5.41, 5.74) is 1.14. The molecule has 4 rings (SSSR count). The molecule has 3 aromatic rings. The smallest absolute Gasteiger partial charge is 0.207 e. The van der Waals surface area contributed by atoms with E-state index in [9.17, 15) is 25.6 Å². The number of halogens is 2. The minimum absolute atomic E-state index is 0.0307. The van der Waals surface area contributed by atoms with Gasteiger partial charge in [0.2, 0.25) is 20.0 Å². The van der Waals surface area contributed by atoms with Gasteiger partial charge < -0.3 is 0 Å². The van der Waals surface area contributed by atoms with Gasteiger partial charge in [0, 0.05) is 26.2 Å². The summed E-state index contributed by atoms with van der Waals surface area (Å²) in [4.78, 5) is -0.0425. The van der Waals surface area contributed by atoms with E-state index >= 15 is 0 Å². The van der Waals surface area contributed by atoms with Crippen molar-refractivity contribution in [3.8, 4) is 0 Å². The first-order valence-electron chi connectivity index (χ1n) is 12.1. The fourth-order valence-corrected chi connectivity index (χ4v) is 7.38. The molecule has 1 aliphatic carbocycles. The normalized spacial score (nSPS) is 15.4. The Kier molecular flexibility index (Phi) is 8.42. The zero-order valence-electron chi connectivity index (χ0n) is 20.6. The molecule has 37 heavy (non-hydrogen) atoms. The summed E-state index contributed by atoms with van der Waals surface area (Å²) >= 11 is 0. The Hall–Kier alpha value is -2.66. The molecule has 10 heteroatoms. The van der Waals surface area contributed by atoms with Crippen molar-refractivity contribution in [1.82, 2.24) is 8.61 Å². The van der Waals surface area contributed by atoms with Crippen molar-refractivity contribution in [2.45, 2.75) is 61.0 Å². The van der Waals surface area contributed by atoms with E-state index in [2.05, 4.69) is 0 Å². The van der Waals surface area contributed by atoms with E-state index in [0.29, 0.717) is 11.1 Å². The highest BCUT2D eigenvalue weighted by Gasteiger charge is 2.30. The standard InChI is InChI=1S/C27H30F2N2O4S2/c1-30(25-5-3-2-4-6-25)36(32,33)26-15-17-27(18-16-26)37(34,35)31(19-21-7-11-23(28)12-8-21)20-22-9-13-24(29)14-10-22/h7-18,25H,2-6,19-20H2,1H3. The number of benzene rings is 3. The Bertz CT molecular complexity index is 1360. The van der Waals surface area contributed by atoms with E-state index in [4.69, 9.17) is 0 Å². The Morgan fingerprint density at radius 2 is 1.05 bits per heavy atom. The van der Waals surface area contributed by atoms with Gasteiger partial charge in [-0.15, -0.1) is 0 Å². The predicted octanol–water partition coefficient (Wildman–Crippen LogP) is 5.31. The maximum atomic E-state index is 13.6. The number of hydrogen-bond donors (Lipinski definition) is 0. The van der Waals surface area contributed by atoms with Crippen LogP contribution in [-0.4, -0.2) is 38.5 Å². The molecule has 1 fully saturated rings. The predicted molar refractivity (Wildman–Crippen MR) is 137 cm³/mol. The summed E-state index contributed by atoms with van der Waals surface area (Å²) < 4.78 is 83.0. The second kappa shape index (κ2) is 11.4. The zero-order chi connectivity index (χ0) is 26.6. The largest absolute Gasteiger partial charge is 0.243 e. The molecular formula is C27H30F2N2O4S2. The molecule has 0 heterocycles. The first-order chi connectivity index (χ1) is 17.6. The van der Waals surface area contributed by atoms with Crippen LogP contribution >= 0.6 is 0 Å². The van der Waals surface area contributed by atoms with Gasteiger partial charge in [0.25, 0.3) is 0 Å². The number of rotatable bonds is 9. The molecule has 6 nitrogen and oxygen atoms in total. The summed E-state index contributed by atoms with van der Waals surface area (Å²) in [5.74, 6) is -0.877. The van der Waals surface area contributed by atoms with Crippen LogP contribution in [0.25, 0.3) is 0 Å². The Balaban J connectivity index is 1.61. The Morgan fingerprint density at radius 1 is 0.649 bits per heavy atom. The van der Waals surface area contributed by atoms with Crippen LogP contribution in [0.15, 0.2) is 82.6 Å². The summed E-state index contributed by atoms with van der Waals surface area (Å²) in [6.07, 6.45) is 4.69. The van der Waals surface area contributed by atoms with Gasteiger partial charge in [-0.25, -0.2) is 25.6 Å². The first-order valence-corrected chi connectivity index (χ1v) is 15.0. The van der Waals surface area contributed by atoms with Crippen molar-refractivity contribution < 1.29 is 25.6 Å². The van der Waals surface area contributed by atoms with Gasteiger partial charge in [-0.1, -0.05) is 43.5 Å². The van der Waals surface area contributed by atoms with Crippen LogP contribution in [0.2, 0.25) is 0 Å². The average Bonchev–Trinajstić information content (AvgIpc) is 2.90. The van der Waals surface area contributed by atoms with Gasteiger partial charge in [0.05, 0.1) is 9.79 Å². The summed E-state index contributed by atoms with van der Waals surface area (Å²) in [7, 11) is -6.28. The third kappa shape index (κ3) is 6.43. The highest BCUT2D eigenvalue weighted by molar-refractivity contribution is 7.89. The van der Waals surface area contributed by atoms with Crippen molar-refractivity contribution in [2.75, 3.05) is 7.05 Å². The van der Waals surface area contributed by atoms with Gasteiger partial charge in [-0.3, -0.25) is 0 Å². The molecule has 0 radical (unpaired) electrons. The van der Waals surface area contributed by atoms with E-state index in [-0.39, 0.29) is 28.9 Å². The minimum Gasteiger partial charge on any atom is -0.207 e. The molecule has 1 saturated carbocycles. The second-order valence-electron chi connectivity index (χ2n) is 9.31. The molecule has 0 saturated heterocycles. The highest BCUT2D eigenvalue weighted by atomic mass is 32.2. The van der Waals surface area contributed by atoms with Gasteiger partial charge >= 0.3 is 0 Å². The lowest BCUT2D eigenvalue weighted by molar-refractivity contribution is 0.286. The molecule has 0 N–H and O–H groups in total. The second-order valence-corrected chi connectivity index (χ2v) is 13.2. The van der Waals surface area contributed by atoms with Crippen LogP contribution in [-0.2, 0) is 33.1 Å². The maximum Gasteiger partial charge on any atom is 0.243 e. The van der Waals surface area contributed by atoms with Crippen LogP contribution in [0.4, 0.5) is 8.78 Å². The fourth-order valence-electron chi connectivity index (χ4n) is 4.55. The van der Waals surface area contributed by atoms with Gasteiger partial charge in [-0.05, 0) is 72.5 Å². The fraction of sp³-hybridized carbons (Fsp3) is 0.333. The lowest BCUT2D eigenvalue weighted by atomic mass is 9.96. The van der Waals surface area contributed by atoms with Crippen molar-refractivity contribution in [2.24, 2.45) is 0 Å². The quantitative estimate of drug-likeness (QED) is 0.363. The van der Waals surface area contributed by atoms with E-state index in [1.807, 2.05) is 0 Å². The van der Waals surface area contributed by atoms with E-state index < -0.39 is 31.7 Å². The molecule has 198 valence electrons. The Morgan fingerprint density at radius 3 is 1.49 bits per heavy atom. The van der Waals surface area contributed by atoms with Crippen LogP contribution in [0.3, 0.4) is 0 Å². The molecule has 0 amide bonds. The van der Waals surface area contributed by atoms with Crippen LogP contribution < -0.4 is 0 Å². The number of sulfonamides is 2. The summed E-state index contributed by atoms with van der Waals surface area (Å²) in [5, 5.41) is 0. The molecule has 3 aromatic carbocycles. The minimum atomic E-state index is -4.08. The molecule has 0 aromatic heterocycles. The summed E-state index contributed by atoms with van der Waals surface area (Å²) in [6, 6.07) is 16.1. The molecular weight excluding hydrogens is 518 g/mol. The third-order valence-corrected chi connectivity index (χ3v) is 10.5. The van der Waals surface area contributed by atoms with Gasteiger partial charge in [-0.2, -0.15) is 8.61 Å². The van der Waals surface area contributed by atoms with E-state index in [1.165, 1.54) is 81.4 Å². The molecule has 0 atom stereocenters. The van der Waals surface area contributed by atoms with Crippen LogP contribution in [0.1, 0.15) is 43.2 Å². The van der Waals surface area contributed by atoms with E-state index in [0.717, 1.165) is 32.1 Å². The number of nitrogens with zero attached hydrogens (tertiary/aromatic N) is 2. The monoisotopic (exact) mass is 548 g/mol. The van der Waals surface area contributed by atoms with Crippen molar-refractivity contribution in [1.29, 1.82) is 0 Å². The lowest BCUT2D eigenvalue weighted by Gasteiger charge is -2.30. The molecule has 0 unspecified atom stereocenters. The topological polar surface area (TPSA) is 74.8 Å². The SMILES string of the molecule is CN(C1CCCCC1)S(=O)(=O)c1ccc(S(=O)(=O)N(Cc2ccc(F)cc2)Cc2ccc(F)cc2)cc1. The van der Waals surface area contributed by atoms with Crippen molar-refractivity contribution in [3.05, 3.63) is 95.6 Å². The molecule has 0 spiro atoms. The zero-order valence-corrected chi connectivity index (χ0v) is 22.2. The van der Waals surface area contributed by atoms with Gasteiger partial charge in [0.15, 0.2) is 0 Å². The molecule has 0 bridgehead atoms. The maximum absolute atomic E-state index is 13.6. The van der Waals surface area contributed by atoms with E-state index in [1.54, 1.807) is 7.05 Å². The van der Waals surface area contributed by atoms with Crippen LogP contribution in [0, 0.1) is 11.6 Å². The van der Waals surface area contributed by atoms with Crippen molar-refractivity contribution >= 4 is 20.0 Å². The van der Waals surface area contributed by atoms with Gasteiger partial charge in [0.1, 0.15) is 11.6 Å². The van der Waals surface area contributed by atoms with Crippen molar-refractivity contribution in [3.63, 3.8) is 0 Å². The summed E-state index contributed by atoms with van der Waals surface area (Å²) in [6.45, 7) is -0.102. The van der Waals surface area contributed by atoms with Crippen LogP contribution in [0.5, 0.6) is 0 Å². The molecule has 0 aliphatic heterocycles. The Labute approximate surface area is 217 Å². The highest BCUT2D eigenvalue weighted by Crippen LogP contribution is 2.28. The first kappa shape index (κ1) is 27.4. The third-order valence-electron chi connectivity index (χ3n) is 6.77. The number of hydrogen-bond acceptors (Lipinski definition) is 4. The molecule has 1 aliphatic rings. The average molecular weight is 549 g/mol. The lowest BCUT2D eigenvalue weighted by Crippen LogP contribution is -2.38.